The average Bonchev–Trinajstić information content (AvgIpc) is 2.95. The molecule has 0 aliphatic rings. The zero-order chi connectivity index (χ0) is 13.9. The Bertz CT molecular complexity index is 736. The van der Waals surface area contributed by atoms with Crippen molar-refractivity contribution >= 4 is 28.2 Å². The van der Waals surface area contributed by atoms with E-state index in [0.717, 1.165) is 17.7 Å². The molecule has 0 aliphatic heterocycles. The van der Waals surface area contributed by atoms with Gasteiger partial charge in [0, 0.05) is 35.4 Å². The summed E-state index contributed by atoms with van der Waals surface area (Å²) in [6.45, 7) is 0.750. The largest absolute Gasteiger partial charge is 0.495 e. The van der Waals surface area contributed by atoms with Crippen LogP contribution in [0.25, 0.3) is 10.9 Å². The zero-order valence-electron chi connectivity index (χ0n) is 11.1. The fourth-order valence-corrected chi connectivity index (χ4v) is 2.47. The minimum atomic E-state index is 0.616. The van der Waals surface area contributed by atoms with Crippen LogP contribution in [0.5, 0.6) is 5.75 Å². The van der Waals surface area contributed by atoms with E-state index in [4.69, 9.17) is 16.3 Å². The number of ether oxygens (including phenoxy) is 1. The summed E-state index contributed by atoms with van der Waals surface area (Å²) in [6, 6.07) is 14.0. The summed E-state index contributed by atoms with van der Waals surface area (Å²) >= 11 is 6.02. The molecule has 0 aliphatic carbocycles. The molecule has 0 atom stereocenters. The molecule has 20 heavy (non-hydrogen) atoms. The number of methoxy groups -OCH3 is 1. The quantitative estimate of drug-likeness (QED) is 0.744. The fraction of sp³-hybridized carbons (Fsp3) is 0.125. The molecule has 0 bridgehead atoms. The molecular weight excluding hydrogens is 272 g/mol. The second-order valence-electron chi connectivity index (χ2n) is 4.56. The third-order valence-electron chi connectivity index (χ3n) is 3.32. The minimum Gasteiger partial charge on any atom is -0.495 e. The van der Waals surface area contributed by atoms with Crippen molar-refractivity contribution < 1.29 is 4.74 Å². The van der Waals surface area contributed by atoms with E-state index in [2.05, 4.69) is 34.6 Å². The van der Waals surface area contributed by atoms with E-state index in [9.17, 15) is 0 Å². The molecule has 0 radical (unpaired) electrons. The van der Waals surface area contributed by atoms with Gasteiger partial charge in [-0.1, -0.05) is 23.7 Å². The number of hydrogen-bond acceptors (Lipinski definition) is 2. The molecule has 1 aromatic heterocycles. The number of anilines is 1. The maximum atomic E-state index is 6.02. The first-order valence-electron chi connectivity index (χ1n) is 6.40. The molecule has 1 heterocycles. The molecule has 2 aromatic carbocycles. The van der Waals surface area contributed by atoms with Crippen molar-refractivity contribution in [3.05, 3.63) is 59.2 Å². The van der Waals surface area contributed by atoms with Crippen LogP contribution in [-0.2, 0) is 6.54 Å². The first kappa shape index (κ1) is 12.9. The van der Waals surface area contributed by atoms with Gasteiger partial charge in [0.25, 0.3) is 0 Å². The van der Waals surface area contributed by atoms with Crippen LogP contribution >= 0.6 is 11.6 Å². The van der Waals surface area contributed by atoms with Gasteiger partial charge in [0.2, 0.25) is 0 Å². The monoisotopic (exact) mass is 286 g/mol. The molecule has 0 saturated heterocycles. The maximum absolute atomic E-state index is 6.02. The summed E-state index contributed by atoms with van der Waals surface area (Å²) in [5, 5.41) is 5.25. The standard InChI is InChI=1S/C16H15ClN2O/c1-20-16-9-12(5-6-14(16)17)19-10-11-3-2-4-15-13(11)7-8-18-15/h2-9,18-19H,10H2,1H3. The smallest absolute Gasteiger partial charge is 0.139 e. The van der Waals surface area contributed by atoms with Gasteiger partial charge in [-0.15, -0.1) is 0 Å². The van der Waals surface area contributed by atoms with Crippen molar-refractivity contribution in [3.63, 3.8) is 0 Å². The number of rotatable bonds is 4. The molecule has 102 valence electrons. The number of nitrogens with one attached hydrogen (secondary N) is 2. The Labute approximate surface area is 122 Å². The third kappa shape index (κ3) is 2.45. The van der Waals surface area contributed by atoms with Gasteiger partial charge in [-0.3, -0.25) is 0 Å². The molecule has 0 unspecified atom stereocenters. The SMILES string of the molecule is COc1cc(NCc2cccc3[nH]ccc23)ccc1Cl. The van der Waals surface area contributed by atoms with Crippen LogP contribution in [-0.4, -0.2) is 12.1 Å². The molecule has 3 aromatic rings. The van der Waals surface area contributed by atoms with Gasteiger partial charge in [0.1, 0.15) is 5.75 Å². The predicted octanol–water partition coefficient (Wildman–Crippen LogP) is 4.44. The zero-order valence-corrected chi connectivity index (χ0v) is 11.9. The number of H-pyrrole nitrogens is 1. The number of aromatic amines is 1. The lowest BCUT2D eigenvalue weighted by molar-refractivity contribution is 0.415. The van der Waals surface area contributed by atoms with Crippen molar-refractivity contribution in [2.75, 3.05) is 12.4 Å². The Morgan fingerprint density at radius 3 is 2.95 bits per heavy atom. The predicted molar refractivity (Wildman–Crippen MR) is 83.6 cm³/mol. The van der Waals surface area contributed by atoms with Crippen LogP contribution in [0, 0.1) is 0 Å². The summed E-state index contributed by atoms with van der Waals surface area (Å²) in [7, 11) is 1.62. The van der Waals surface area contributed by atoms with Crippen molar-refractivity contribution in [1.29, 1.82) is 0 Å². The van der Waals surface area contributed by atoms with Gasteiger partial charge >= 0.3 is 0 Å². The third-order valence-corrected chi connectivity index (χ3v) is 3.63. The molecule has 4 heteroatoms. The minimum absolute atomic E-state index is 0.616. The van der Waals surface area contributed by atoms with Crippen molar-refractivity contribution in [2.45, 2.75) is 6.54 Å². The fourth-order valence-electron chi connectivity index (χ4n) is 2.27. The molecule has 0 amide bonds. The van der Waals surface area contributed by atoms with E-state index in [1.807, 2.05) is 24.4 Å². The van der Waals surface area contributed by atoms with Crippen LogP contribution in [0.2, 0.25) is 5.02 Å². The second kappa shape index (κ2) is 5.47. The molecule has 2 N–H and O–H groups in total. The van der Waals surface area contributed by atoms with Gasteiger partial charge in [-0.2, -0.15) is 0 Å². The summed E-state index contributed by atoms with van der Waals surface area (Å²) < 4.78 is 5.22. The Morgan fingerprint density at radius 2 is 2.10 bits per heavy atom. The van der Waals surface area contributed by atoms with Gasteiger partial charge in [-0.05, 0) is 29.8 Å². The Kier molecular flexibility index (Phi) is 3.52. The molecular formula is C16H15ClN2O. The highest BCUT2D eigenvalue weighted by Gasteiger charge is 2.04. The average molecular weight is 287 g/mol. The highest BCUT2D eigenvalue weighted by molar-refractivity contribution is 6.32. The van der Waals surface area contributed by atoms with E-state index >= 15 is 0 Å². The Morgan fingerprint density at radius 1 is 1.20 bits per heavy atom. The Hall–Kier alpha value is -2.13. The van der Waals surface area contributed by atoms with E-state index in [1.54, 1.807) is 7.11 Å². The summed E-state index contributed by atoms with van der Waals surface area (Å²) in [6.07, 6.45) is 1.96. The summed E-state index contributed by atoms with van der Waals surface area (Å²) in [4.78, 5) is 3.22. The maximum Gasteiger partial charge on any atom is 0.139 e. The van der Waals surface area contributed by atoms with Crippen LogP contribution in [0.4, 0.5) is 5.69 Å². The second-order valence-corrected chi connectivity index (χ2v) is 4.97. The first-order valence-corrected chi connectivity index (χ1v) is 6.78. The highest BCUT2D eigenvalue weighted by atomic mass is 35.5. The lowest BCUT2D eigenvalue weighted by Gasteiger charge is -2.10. The Balaban J connectivity index is 1.81. The first-order chi connectivity index (χ1) is 9.78. The molecule has 0 spiro atoms. The number of halogens is 1. The van der Waals surface area contributed by atoms with E-state index in [1.165, 1.54) is 10.9 Å². The lowest BCUT2D eigenvalue weighted by atomic mass is 10.1. The molecule has 3 rings (SSSR count). The van der Waals surface area contributed by atoms with Crippen LogP contribution in [0.15, 0.2) is 48.7 Å². The number of benzene rings is 2. The van der Waals surface area contributed by atoms with Crippen LogP contribution < -0.4 is 10.1 Å². The number of hydrogen-bond donors (Lipinski definition) is 2. The van der Waals surface area contributed by atoms with Crippen molar-refractivity contribution in [3.8, 4) is 5.75 Å². The molecule has 3 nitrogen and oxygen atoms in total. The molecule has 0 fully saturated rings. The van der Waals surface area contributed by atoms with Crippen LogP contribution in [0.1, 0.15) is 5.56 Å². The molecule has 0 saturated carbocycles. The van der Waals surface area contributed by atoms with Crippen molar-refractivity contribution in [1.82, 2.24) is 4.98 Å². The summed E-state index contributed by atoms with van der Waals surface area (Å²) in [5.74, 6) is 0.677. The van der Waals surface area contributed by atoms with E-state index < -0.39 is 0 Å². The number of aromatic nitrogens is 1. The van der Waals surface area contributed by atoms with Gasteiger partial charge in [0.05, 0.1) is 12.1 Å². The van der Waals surface area contributed by atoms with E-state index in [0.29, 0.717) is 10.8 Å². The van der Waals surface area contributed by atoms with Crippen molar-refractivity contribution in [2.24, 2.45) is 0 Å². The lowest BCUT2D eigenvalue weighted by Crippen LogP contribution is -2.00. The van der Waals surface area contributed by atoms with Gasteiger partial charge in [-0.25, -0.2) is 0 Å². The normalized spacial score (nSPS) is 10.7. The topological polar surface area (TPSA) is 37.0 Å². The van der Waals surface area contributed by atoms with Gasteiger partial charge < -0.3 is 15.0 Å². The number of fused-ring (bicyclic) bond motifs is 1. The van der Waals surface area contributed by atoms with Gasteiger partial charge in [0.15, 0.2) is 0 Å². The highest BCUT2D eigenvalue weighted by Crippen LogP contribution is 2.28. The summed E-state index contributed by atoms with van der Waals surface area (Å²) in [5.41, 5.74) is 3.38. The van der Waals surface area contributed by atoms with Crippen LogP contribution in [0.3, 0.4) is 0 Å². The van der Waals surface area contributed by atoms with E-state index in [-0.39, 0.29) is 0 Å².